The van der Waals surface area contributed by atoms with Gasteiger partial charge in [-0.1, -0.05) is 91.0 Å². The Labute approximate surface area is 288 Å². The Morgan fingerprint density at radius 2 is 1.08 bits per heavy atom. The fourth-order valence-electron chi connectivity index (χ4n) is 7.44. The van der Waals surface area contributed by atoms with Gasteiger partial charge in [0.1, 0.15) is 0 Å². The molecule has 0 amide bonds. The Kier molecular flexibility index (Phi) is 6.56. The molecule has 7 aromatic carbocycles. The second kappa shape index (κ2) is 11.4. The molecule has 5 nitrogen and oxygen atoms in total. The van der Waals surface area contributed by atoms with Gasteiger partial charge in [0.15, 0.2) is 0 Å². The summed E-state index contributed by atoms with van der Waals surface area (Å²) >= 11 is 0. The highest BCUT2D eigenvalue weighted by atomic mass is 15.0. The van der Waals surface area contributed by atoms with Gasteiger partial charge in [-0.25, -0.2) is 4.85 Å². The first-order valence-electron chi connectivity index (χ1n) is 16.3. The number of hydrogen-bond acceptors (Lipinski definition) is 2. The Balaban J connectivity index is 1.24. The van der Waals surface area contributed by atoms with E-state index in [2.05, 4.69) is 117 Å². The van der Waals surface area contributed by atoms with Crippen molar-refractivity contribution in [3.8, 4) is 45.8 Å². The van der Waals surface area contributed by atoms with Gasteiger partial charge in [-0.15, -0.1) is 0 Å². The SMILES string of the molecule is [C-]#[N+]c1cccc2c3cc(C#N)ccc3n(-c3ccc(-c4ccccc4-c4cc(C#N)ccc4-n4c5ccccc5c5ccccc54)cc3)c12. The minimum Gasteiger partial charge on any atom is -0.319 e. The fraction of sp³-hybridized carbons (Fsp3) is 0. The predicted molar refractivity (Wildman–Crippen MR) is 202 cm³/mol. The maximum absolute atomic E-state index is 10.0. The van der Waals surface area contributed by atoms with Crippen LogP contribution in [0.25, 0.3) is 82.1 Å². The first kappa shape index (κ1) is 28.8. The minimum absolute atomic E-state index is 0.557. The number of rotatable bonds is 4. The van der Waals surface area contributed by atoms with E-state index in [4.69, 9.17) is 6.57 Å². The van der Waals surface area contributed by atoms with Crippen molar-refractivity contribution in [1.82, 2.24) is 9.13 Å². The molecule has 230 valence electrons. The van der Waals surface area contributed by atoms with Crippen LogP contribution in [0.2, 0.25) is 0 Å². The molecule has 0 aliphatic carbocycles. The molecule has 0 saturated carbocycles. The number of aromatic nitrogens is 2. The first-order chi connectivity index (χ1) is 24.7. The quantitative estimate of drug-likeness (QED) is 0.181. The van der Waals surface area contributed by atoms with Crippen LogP contribution in [0.3, 0.4) is 0 Å². The summed E-state index contributed by atoms with van der Waals surface area (Å²) in [6.07, 6.45) is 0. The zero-order valence-electron chi connectivity index (χ0n) is 26.7. The van der Waals surface area contributed by atoms with Crippen molar-refractivity contribution in [1.29, 1.82) is 10.5 Å². The Morgan fingerprint density at radius 1 is 0.480 bits per heavy atom. The van der Waals surface area contributed by atoms with Crippen LogP contribution in [0.1, 0.15) is 11.1 Å². The molecule has 0 N–H and O–H groups in total. The van der Waals surface area contributed by atoms with E-state index in [1.165, 1.54) is 10.8 Å². The van der Waals surface area contributed by atoms with Crippen LogP contribution in [0, 0.1) is 29.2 Å². The lowest BCUT2D eigenvalue weighted by Gasteiger charge is -2.18. The van der Waals surface area contributed by atoms with Crippen LogP contribution in [-0.2, 0) is 0 Å². The molecule has 0 unspecified atom stereocenters. The molecule has 2 aromatic heterocycles. The number of benzene rings is 7. The van der Waals surface area contributed by atoms with Gasteiger partial charge in [-0.2, -0.15) is 10.5 Å². The molecule has 0 bridgehead atoms. The van der Waals surface area contributed by atoms with Crippen molar-refractivity contribution >= 4 is 49.3 Å². The number of nitriles is 2. The highest BCUT2D eigenvalue weighted by Gasteiger charge is 2.19. The molecule has 0 atom stereocenters. The topological polar surface area (TPSA) is 61.8 Å². The van der Waals surface area contributed by atoms with E-state index in [1.807, 2.05) is 60.7 Å². The van der Waals surface area contributed by atoms with Crippen molar-refractivity contribution in [2.75, 3.05) is 0 Å². The van der Waals surface area contributed by atoms with E-state index in [1.54, 1.807) is 0 Å². The van der Waals surface area contributed by atoms with Crippen molar-refractivity contribution in [2.24, 2.45) is 0 Å². The normalized spacial score (nSPS) is 11.1. The Bertz CT molecular complexity index is 2900. The van der Waals surface area contributed by atoms with Gasteiger partial charge in [0, 0.05) is 27.4 Å². The molecule has 0 spiro atoms. The lowest BCUT2D eigenvalue weighted by Crippen LogP contribution is -1.99. The molecule has 0 aliphatic heterocycles. The van der Waals surface area contributed by atoms with Crippen LogP contribution in [-0.4, -0.2) is 9.13 Å². The van der Waals surface area contributed by atoms with E-state index >= 15 is 0 Å². The van der Waals surface area contributed by atoms with Crippen LogP contribution >= 0.6 is 0 Å². The van der Waals surface area contributed by atoms with Gasteiger partial charge in [-0.3, -0.25) is 0 Å². The summed E-state index contributed by atoms with van der Waals surface area (Å²) in [6, 6.07) is 55.6. The van der Waals surface area contributed by atoms with E-state index < -0.39 is 0 Å². The third-order valence-electron chi connectivity index (χ3n) is 9.62. The van der Waals surface area contributed by atoms with Crippen molar-refractivity contribution in [3.05, 3.63) is 174 Å². The predicted octanol–water partition coefficient (Wildman–Crippen LogP) is 11.5. The largest absolute Gasteiger partial charge is 0.319 e. The molecular formula is C45H25N5. The highest BCUT2D eigenvalue weighted by Crippen LogP contribution is 2.41. The van der Waals surface area contributed by atoms with E-state index in [0.717, 1.165) is 66.5 Å². The van der Waals surface area contributed by atoms with Crippen molar-refractivity contribution < 1.29 is 0 Å². The third-order valence-corrected chi connectivity index (χ3v) is 9.62. The molecule has 9 rings (SSSR count). The van der Waals surface area contributed by atoms with Crippen LogP contribution in [0.4, 0.5) is 5.69 Å². The molecule has 0 radical (unpaired) electrons. The highest BCUT2D eigenvalue weighted by molar-refractivity contribution is 6.14. The van der Waals surface area contributed by atoms with E-state index in [9.17, 15) is 10.5 Å². The standard InChI is InChI=1S/C45H25N5/c1-48-40-14-8-13-37-39-26-30(28-47)17-23-43(39)49(45(37)40)32-21-19-31(20-22-32)33-9-2-3-10-34(33)38-25-29(27-46)18-24-44(38)50-41-15-6-4-11-35(41)36-12-5-7-16-42(36)50/h2-26H. The van der Waals surface area contributed by atoms with Crippen molar-refractivity contribution in [3.63, 3.8) is 0 Å². The van der Waals surface area contributed by atoms with Gasteiger partial charge in [0.2, 0.25) is 5.69 Å². The number of para-hydroxylation sites is 3. The Hall–Kier alpha value is -7.39. The summed E-state index contributed by atoms with van der Waals surface area (Å²) in [6.45, 7) is 7.91. The smallest absolute Gasteiger partial charge is 0.211 e. The number of nitrogens with zero attached hydrogens (tertiary/aromatic N) is 5. The van der Waals surface area contributed by atoms with Gasteiger partial charge in [0.25, 0.3) is 0 Å². The van der Waals surface area contributed by atoms with Crippen LogP contribution in [0.15, 0.2) is 152 Å². The summed E-state index contributed by atoms with van der Waals surface area (Å²) in [5.74, 6) is 0. The van der Waals surface area contributed by atoms with Gasteiger partial charge in [-0.05, 0) is 82.7 Å². The average Bonchev–Trinajstić information content (AvgIpc) is 3.70. The maximum Gasteiger partial charge on any atom is 0.211 e. The first-order valence-corrected chi connectivity index (χ1v) is 16.3. The molecule has 0 saturated heterocycles. The number of fused-ring (bicyclic) bond motifs is 6. The number of hydrogen-bond donors (Lipinski definition) is 0. The minimum atomic E-state index is 0.557. The summed E-state index contributed by atoms with van der Waals surface area (Å²) in [7, 11) is 0. The molecule has 5 heteroatoms. The van der Waals surface area contributed by atoms with Crippen molar-refractivity contribution in [2.45, 2.75) is 0 Å². The second-order valence-electron chi connectivity index (χ2n) is 12.3. The second-order valence-corrected chi connectivity index (χ2v) is 12.3. The molecule has 9 aromatic rings. The van der Waals surface area contributed by atoms with Gasteiger partial charge in [0.05, 0.1) is 57.6 Å². The fourth-order valence-corrected chi connectivity index (χ4v) is 7.44. The Morgan fingerprint density at radius 3 is 1.78 bits per heavy atom. The molecule has 0 aliphatic rings. The van der Waals surface area contributed by atoms with Crippen LogP contribution in [0.5, 0.6) is 0 Å². The molecule has 50 heavy (non-hydrogen) atoms. The zero-order valence-corrected chi connectivity index (χ0v) is 26.7. The zero-order chi connectivity index (χ0) is 33.8. The average molecular weight is 636 g/mol. The maximum atomic E-state index is 10.0. The summed E-state index contributed by atoms with van der Waals surface area (Å²) in [5.41, 5.74) is 11.7. The van der Waals surface area contributed by atoms with Gasteiger partial charge < -0.3 is 9.13 Å². The summed E-state index contributed by atoms with van der Waals surface area (Å²) < 4.78 is 4.42. The lowest BCUT2D eigenvalue weighted by atomic mass is 9.92. The van der Waals surface area contributed by atoms with Gasteiger partial charge >= 0.3 is 0 Å². The van der Waals surface area contributed by atoms with E-state index in [0.29, 0.717) is 16.8 Å². The monoisotopic (exact) mass is 635 g/mol. The molecular weight excluding hydrogens is 611 g/mol. The molecule has 0 fully saturated rings. The lowest BCUT2D eigenvalue weighted by molar-refractivity contribution is 1.18. The molecule has 2 heterocycles. The summed E-state index contributed by atoms with van der Waals surface area (Å²) in [5, 5.41) is 23.8. The summed E-state index contributed by atoms with van der Waals surface area (Å²) in [4.78, 5) is 3.85. The van der Waals surface area contributed by atoms with E-state index in [-0.39, 0.29) is 0 Å². The third kappa shape index (κ3) is 4.31. The van der Waals surface area contributed by atoms with Crippen LogP contribution < -0.4 is 0 Å².